The van der Waals surface area contributed by atoms with Crippen LogP contribution in [0.2, 0.25) is 0 Å². The third-order valence-corrected chi connectivity index (χ3v) is 4.52. The summed E-state index contributed by atoms with van der Waals surface area (Å²) in [5.74, 6) is 0.393. The first-order valence-corrected chi connectivity index (χ1v) is 7.50. The van der Waals surface area contributed by atoms with Crippen molar-refractivity contribution < 1.29 is 13.9 Å². The summed E-state index contributed by atoms with van der Waals surface area (Å²) in [7, 11) is 0. The van der Waals surface area contributed by atoms with Crippen LogP contribution in [-0.2, 0) is 11.3 Å². The maximum atomic E-state index is 13.1. The van der Waals surface area contributed by atoms with Crippen molar-refractivity contribution in [2.75, 3.05) is 6.61 Å². The number of hydrogen-bond acceptors (Lipinski definition) is 3. The number of ether oxygens (including phenoxy) is 2. The van der Waals surface area contributed by atoms with Crippen LogP contribution in [0.3, 0.4) is 0 Å². The topological polar surface area (TPSA) is 44.5 Å². The highest BCUT2D eigenvalue weighted by Gasteiger charge is 2.42. The molecular formula is C16H22FNO2. The second-order valence-electron chi connectivity index (χ2n) is 5.94. The van der Waals surface area contributed by atoms with E-state index in [1.54, 1.807) is 6.07 Å². The summed E-state index contributed by atoms with van der Waals surface area (Å²) in [6, 6.07) is 4.49. The highest BCUT2D eigenvalue weighted by Crippen LogP contribution is 2.43. The monoisotopic (exact) mass is 279 g/mol. The van der Waals surface area contributed by atoms with E-state index in [-0.39, 0.29) is 24.1 Å². The van der Waals surface area contributed by atoms with Gasteiger partial charge in [-0.2, -0.15) is 0 Å². The third-order valence-electron chi connectivity index (χ3n) is 4.52. The van der Waals surface area contributed by atoms with Crippen molar-refractivity contribution in [3.8, 4) is 5.75 Å². The van der Waals surface area contributed by atoms with Gasteiger partial charge in [-0.05, 0) is 43.9 Å². The average molecular weight is 279 g/mol. The number of halogens is 1. The van der Waals surface area contributed by atoms with Crippen LogP contribution in [0.5, 0.6) is 5.75 Å². The second kappa shape index (κ2) is 5.70. The first-order chi connectivity index (χ1) is 9.71. The van der Waals surface area contributed by atoms with E-state index in [0.717, 1.165) is 12.8 Å². The second-order valence-corrected chi connectivity index (χ2v) is 5.94. The van der Waals surface area contributed by atoms with E-state index in [1.165, 1.54) is 37.8 Å². The summed E-state index contributed by atoms with van der Waals surface area (Å²) in [4.78, 5) is 0. The van der Waals surface area contributed by atoms with Gasteiger partial charge in [-0.1, -0.05) is 12.8 Å². The maximum Gasteiger partial charge on any atom is 0.124 e. The molecule has 3 nitrogen and oxygen atoms in total. The minimum absolute atomic E-state index is 0.132. The largest absolute Gasteiger partial charge is 0.491 e. The van der Waals surface area contributed by atoms with E-state index < -0.39 is 0 Å². The predicted molar refractivity (Wildman–Crippen MR) is 75.1 cm³/mol. The summed E-state index contributed by atoms with van der Waals surface area (Å²) in [5, 5.41) is 0. The van der Waals surface area contributed by atoms with Gasteiger partial charge in [0.25, 0.3) is 0 Å². The first kappa shape index (κ1) is 13.8. The smallest absolute Gasteiger partial charge is 0.124 e. The van der Waals surface area contributed by atoms with Gasteiger partial charge in [0.05, 0.1) is 11.7 Å². The van der Waals surface area contributed by atoms with Gasteiger partial charge in [-0.25, -0.2) is 4.39 Å². The Labute approximate surface area is 119 Å². The molecule has 1 aromatic rings. The van der Waals surface area contributed by atoms with Crippen LogP contribution in [-0.4, -0.2) is 18.3 Å². The molecule has 2 aliphatic rings. The summed E-state index contributed by atoms with van der Waals surface area (Å²) >= 11 is 0. The fraction of sp³-hybridized carbons (Fsp3) is 0.625. The normalized spacial score (nSPS) is 24.4. The summed E-state index contributed by atoms with van der Waals surface area (Å²) in [6.45, 7) is 0.808. The van der Waals surface area contributed by atoms with E-state index in [0.29, 0.717) is 17.9 Å². The zero-order valence-corrected chi connectivity index (χ0v) is 11.7. The molecule has 1 heterocycles. The van der Waals surface area contributed by atoms with Gasteiger partial charge in [0.1, 0.15) is 18.2 Å². The van der Waals surface area contributed by atoms with Gasteiger partial charge in [-0.15, -0.1) is 0 Å². The number of benzene rings is 1. The molecule has 1 aliphatic carbocycles. The Morgan fingerprint density at radius 3 is 2.85 bits per heavy atom. The average Bonchev–Trinajstić information content (AvgIpc) is 3.08. The molecular weight excluding hydrogens is 257 g/mol. The van der Waals surface area contributed by atoms with E-state index in [1.807, 2.05) is 0 Å². The first-order valence-electron chi connectivity index (χ1n) is 7.50. The molecule has 1 saturated carbocycles. The summed E-state index contributed by atoms with van der Waals surface area (Å²) in [5.41, 5.74) is 6.46. The lowest BCUT2D eigenvalue weighted by atomic mass is 9.98. The van der Waals surface area contributed by atoms with Crippen molar-refractivity contribution in [3.63, 3.8) is 0 Å². The molecule has 20 heavy (non-hydrogen) atoms. The molecule has 1 spiro atoms. The van der Waals surface area contributed by atoms with Gasteiger partial charge in [-0.3, -0.25) is 0 Å². The SMILES string of the molecule is NCc1cc(F)ccc1OCC1CCC2(CCCC2)O1. The fourth-order valence-electron chi connectivity index (χ4n) is 3.43. The van der Waals surface area contributed by atoms with Crippen molar-refractivity contribution in [2.24, 2.45) is 5.73 Å². The third kappa shape index (κ3) is 2.81. The van der Waals surface area contributed by atoms with Crippen LogP contribution < -0.4 is 10.5 Å². The molecule has 1 aliphatic heterocycles. The summed E-state index contributed by atoms with van der Waals surface area (Å²) in [6.07, 6.45) is 7.30. The summed E-state index contributed by atoms with van der Waals surface area (Å²) < 4.78 is 25.1. The Morgan fingerprint density at radius 1 is 1.30 bits per heavy atom. The van der Waals surface area contributed by atoms with E-state index >= 15 is 0 Å². The van der Waals surface area contributed by atoms with E-state index in [2.05, 4.69) is 0 Å². The maximum absolute atomic E-state index is 13.1. The highest BCUT2D eigenvalue weighted by molar-refractivity contribution is 5.33. The molecule has 0 radical (unpaired) electrons. The van der Waals surface area contributed by atoms with Gasteiger partial charge in [0, 0.05) is 12.1 Å². The Hall–Kier alpha value is -1.13. The van der Waals surface area contributed by atoms with Crippen LogP contribution in [0, 0.1) is 5.82 Å². The van der Waals surface area contributed by atoms with Crippen LogP contribution in [0.1, 0.15) is 44.1 Å². The van der Waals surface area contributed by atoms with Crippen molar-refractivity contribution in [1.82, 2.24) is 0 Å². The molecule has 3 rings (SSSR count). The number of rotatable bonds is 4. The number of nitrogens with two attached hydrogens (primary N) is 1. The Balaban J connectivity index is 1.57. The molecule has 1 unspecified atom stereocenters. The molecule has 1 aromatic carbocycles. The van der Waals surface area contributed by atoms with Gasteiger partial charge in [0.2, 0.25) is 0 Å². The Morgan fingerprint density at radius 2 is 2.10 bits per heavy atom. The van der Waals surface area contributed by atoms with Gasteiger partial charge < -0.3 is 15.2 Å². The van der Waals surface area contributed by atoms with Crippen LogP contribution in [0.15, 0.2) is 18.2 Å². The minimum atomic E-state index is -0.278. The van der Waals surface area contributed by atoms with Crippen molar-refractivity contribution in [2.45, 2.75) is 56.8 Å². The molecule has 4 heteroatoms. The lowest BCUT2D eigenvalue weighted by molar-refractivity contribution is -0.0509. The zero-order chi connectivity index (χ0) is 14.0. The molecule has 2 fully saturated rings. The predicted octanol–water partition coefficient (Wildman–Crippen LogP) is 3.16. The Bertz CT molecular complexity index is 472. The zero-order valence-electron chi connectivity index (χ0n) is 11.7. The molecule has 0 amide bonds. The van der Waals surface area contributed by atoms with Gasteiger partial charge in [0.15, 0.2) is 0 Å². The molecule has 1 atom stereocenters. The highest BCUT2D eigenvalue weighted by atomic mass is 19.1. The lowest BCUT2D eigenvalue weighted by Crippen LogP contribution is -2.27. The minimum Gasteiger partial charge on any atom is -0.491 e. The van der Waals surface area contributed by atoms with Crippen LogP contribution in [0.4, 0.5) is 4.39 Å². The van der Waals surface area contributed by atoms with Crippen LogP contribution >= 0.6 is 0 Å². The Kier molecular flexibility index (Phi) is 3.94. The molecule has 2 N–H and O–H groups in total. The van der Waals surface area contributed by atoms with Gasteiger partial charge >= 0.3 is 0 Å². The van der Waals surface area contributed by atoms with Crippen molar-refractivity contribution in [1.29, 1.82) is 0 Å². The van der Waals surface area contributed by atoms with E-state index in [9.17, 15) is 4.39 Å². The molecule has 1 saturated heterocycles. The standard InChI is InChI=1S/C16H22FNO2/c17-13-3-4-15(12(9-13)10-18)19-11-14-5-8-16(20-14)6-1-2-7-16/h3-4,9,14H,1-2,5-8,10-11,18H2. The van der Waals surface area contributed by atoms with Crippen molar-refractivity contribution >= 4 is 0 Å². The van der Waals surface area contributed by atoms with Crippen molar-refractivity contribution in [3.05, 3.63) is 29.6 Å². The molecule has 0 bridgehead atoms. The van der Waals surface area contributed by atoms with Crippen LogP contribution in [0.25, 0.3) is 0 Å². The fourth-order valence-corrected chi connectivity index (χ4v) is 3.43. The molecule has 110 valence electrons. The quantitative estimate of drug-likeness (QED) is 0.920. The molecule has 0 aromatic heterocycles. The lowest BCUT2D eigenvalue weighted by Gasteiger charge is -2.24. The van der Waals surface area contributed by atoms with E-state index in [4.69, 9.17) is 15.2 Å². The number of hydrogen-bond donors (Lipinski definition) is 1.